The lowest BCUT2D eigenvalue weighted by atomic mass is 9.79. The molecule has 2 rings (SSSR count). The molecule has 1 aromatic carbocycles. The number of carbonyl (C=O) groups excluding carboxylic acids is 1. The van der Waals surface area contributed by atoms with Crippen LogP contribution >= 0.6 is 24.0 Å². The van der Waals surface area contributed by atoms with E-state index >= 15 is 0 Å². The first kappa shape index (κ1) is 21.1. The molecule has 0 aromatic heterocycles. The highest BCUT2D eigenvalue weighted by atomic mass is 35.5. The average molecular weight is 375 g/mol. The van der Waals surface area contributed by atoms with Gasteiger partial charge in [0.1, 0.15) is 5.75 Å². The Balaban J connectivity index is 0.00000288. The lowest BCUT2D eigenvalue weighted by Gasteiger charge is -2.46. The fourth-order valence-electron chi connectivity index (χ4n) is 3.61. The van der Waals surface area contributed by atoms with Gasteiger partial charge in [0.25, 0.3) is 5.91 Å². The lowest BCUT2D eigenvalue weighted by molar-refractivity contribution is -0.124. The molecule has 2 N–H and O–H groups in total. The Hall–Kier alpha value is -0.970. The molecule has 1 saturated heterocycles. The summed E-state index contributed by atoms with van der Waals surface area (Å²) in [5.41, 5.74) is 0.940. The van der Waals surface area contributed by atoms with Crippen molar-refractivity contribution >= 4 is 29.9 Å². The number of ether oxygens (including phenoxy) is 1. The number of hydrogen-bond donors (Lipinski definition) is 2. The van der Waals surface area contributed by atoms with E-state index in [1.54, 1.807) is 12.1 Å². The van der Waals surface area contributed by atoms with Gasteiger partial charge in [0.2, 0.25) is 0 Å². The zero-order valence-electron chi connectivity index (χ0n) is 15.0. The standard InChI is InChI=1S/C18H27ClN2O2.ClH/c1-12-8-13(19)6-7-15(12)23-11-16(22)20-14-9-17(2,3)21-18(4,5)10-14;/h6-8,14,21H,9-11H2,1-5H3,(H,20,22);1H. The van der Waals surface area contributed by atoms with Crippen LogP contribution < -0.4 is 15.4 Å². The van der Waals surface area contributed by atoms with Crippen molar-refractivity contribution in [2.24, 2.45) is 0 Å². The van der Waals surface area contributed by atoms with Crippen LogP contribution in [-0.4, -0.2) is 29.6 Å². The number of rotatable bonds is 4. The van der Waals surface area contributed by atoms with Crippen molar-refractivity contribution in [2.45, 2.75) is 64.6 Å². The normalized spacial score (nSPS) is 19.2. The summed E-state index contributed by atoms with van der Waals surface area (Å²) in [6, 6.07) is 5.54. The number of amides is 1. The topological polar surface area (TPSA) is 50.4 Å². The zero-order chi connectivity index (χ0) is 17.3. The van der Waals surface area contributed by atoms with E-state index in [0.717, 1.165) is 18.4 Å². The van der Waals surface area contributed by atoms with Crippen LogP contribution in [0.15, 0.2) is 18.2 Å². The number of halogens is 2. The molecule has 1 aliphatic rings. The Bertz CT molecular complexity index is 572. The minimum Gasteiger partial charge on any atom is -0.484 e. The lowest BCUT2D eigenvalue weighted by Crippen LogP contribution is -2.62. The highest BCUT2D eigenvalue weighted by molar-refractivity contribution is 6.30. The van der Waals surface area contributed by atoms with E-state index in [0.29, 0.717) is 10.8 Å². The van der Waals surface area contributed by atoms with E-state index in [2.05, 4.69) is 38.3 Å². The summed E-state index contributed by atoms with van der Waals surface area (Å²) in [5.74, 6) is 0.605. The molecule has 0 unspecified atom stereocenters. The molecule has 6 heteroatoms. The molecule has 0 spiro atoms. The van der Waals surface area contributed by atoms with Gasteiger partial charge in [-0.2, -0.15) is 0 Å². The summed E-state index contributed by atoms with van der Waals surface area (Å²) < 4.78 is 5.61. The van der Waals surface area contributed by atoms with E-state index in [1.165, 1.54) is 0 Å². The van der Waals surface area contributed by atoms with Crippen molar-refractivity contribution in [1.82, 2.24) is 10.6 Å². The van der Waals surface area contributed by atoms with Crippen molar-refractivity contribution in [3.05, 3.63) is 28.8 Å². The maximum Gasteiger partial charge on any atom is 0.258 e. The molecular weight excluding hydrogens is 347 g/mol. The highest BCUT2D eigenvalue weighted by Crippen LogP contribution is 2.28. The fraction of sp³-hybridized carbons (Fsp3) is 0.611. The molecule has 1 amide bonds. The third kappa shape index (κ3) is 6.15. The Morgan fingerprint density at radius 3 is 2.42 bits per heavy atom. The van der Waals surface area contributed by atoms with E-state index in [1.807, 2.05) is 13.0 Å². The summed E-state index contributed by atoms with van der Waals surface area (Å²) in [6.07, 6.45) is 1.81. The van der Waals surface area contributed by atoms with Gasteiger partial charge in [0, 0.05) is 22.1 Å². The van der Waals surface area contributed by atoms with Gasteiger partial charge >= 0.3 is 0 Å². The number of hydrogen-bond acceptors (Lipinski definition) is 3. The monoisotopic (exact) mass is 374 g/mol. The van der Waals surface area contributed by atoms with Crippen LogP contribution in [0.5, 0.6) is 5.75 Å². The molecule has 1 fully saturated rings. The van der Waals surface area contributed by atoms with Gasteiger partial charge in [-0.3, -0.25) is 4.79 Å². The molecule has 1 aliphatic heterocycles. The number of carbonyl (C=O) groups is 1. The van der Waals surface area contributed by atoms with Crippen molar-refractivity contribution in [2.75, 3.05) is 6.61 Å². The van der Waals surface area contributed by atoms with Crippen LogP contribution in [0.2, 0.25) is 5.02 Å². The van der Waals surface area contributed by atoms with Gasteiger partial charge in [-0.1, -0.05) is 11.6 Å². The number of benzene rings is 1. The van der Waals surface area contributed by atoms with Crippen LogP contribution in [0.3, 0.4) is 0 Å². The van der Waals surface area contributed by atoms with Gasteiger partial charge < -0.3 is 15.4 Å². The molecule has 24 heavy (non-hydrogen) atoms. The molecule has 0 aliphatic carbocycles. The first-order valence-corrected chi connectivity index (χ1v) is 8.42. The van der Waals surface area contributed by atoms with Gasteiger partial charge in [-0.25, -0.2) is 0 Å². The van der Waals surface area contributed by atoms with E-state index < -0.39 is 0 Å². The third-order valence-electron chi connectivity index (χ3n) is 4.05. The maximum absolute atomic E-state index is 12.2. The molecule has 0 radical (unpaired) electrons. The van der Waals surface area contributed by atoms with Gasteiger partial charge in [-0.15, -0.1) is 12.4 Å². The second-order valence-electron chi connectivity index (χ2n) is 7.76. The van der Waals surface area contributed by atoms with Crippen LogP contribution in [0.1, 0.15) is 46.1 Å². The summed E-state index contributed by atoms with van der Waals surface area (Å²) in [4.78, 5) is 12.2. The van der Waals surface area contributed by atoms with Gasteiger partial charge in [0.15, 0.2) is 6.61 Å². The molecule has 0 saturated carbocycles. The predicted octanol–water partition coefficient (Wildman–Crippen LogP) is 3.87. The van der Waals surface area contributed by atoms with Crippen molar-refractivity contribution < 1.29 is 9.53 Å². The minimum atomic E-state index is -0.0853. The first-order valence-electron chi connectivity index (χ1n) is 8.04. The Morgan fingerprint density at radius 2 is 1.88 bits per heavy atom. The average Bonchev–Trinajstić information content (AvgIpc) is 2.33. The van der Waals surface area contributed by atoms with Crippen LogP contribution in [0.4, 0.5) is 0 Å². The Morgan fingerprint density at radius 1 is 1.29 bits per heavy atom. The predicted molar refractivity (Wildman–Crippen MR) is 101 cm³/mol. The van der Waals surface area contributed by atoms with Crippen molar-refractivity contribution in [1.29, 1.82) is 0 Å². The molecule has 0 atom stereocenters. The number of nitrogens with one attached hydrogen (secondary N) is 2. The largest absolute Gasteiger partial charge is 0.484 e. The van der Waals surface area contributed by atoms with Crippen LogP contribution in [-0.2, 0) is 4.79 Å². The summed E-state index contributed by atoms with van der Waals surface area (Å²) in [7, 11) is 0. The van der Waals surface area contributed by atoms with E-state index in [-0.39, 0.29) is 42.0 Å². The molecule has 4 nitrogen and oxygen atoms in total. The third-order valence-corrected chi connectivity index (χ3v) is 4.29. The SMILES string of the molecule is Cc1cc(Cl)ccc1OCC(=O)NC1CC(C)(C)NC(C)(C)C1.Cl. The maximum atomic E-state index is 12.2. The smallest absolute Gasteiger partial charge is 0.258 e. The second-order valence-corrected chi connectivity index (χ2v) is 8.20. The van der Waals surface area contributed by atoms with E-state index in [9.17, 15) is 4.79 Å². The quantitative estimate of drug-likeness (QED) is 0.840. The summed E-state index contributed by atoms with van der Waals surface area (Å²) >= 11 is 5.92. The minimum absolute atomic E-state index is 0. The molecule has 1 aromatic rings. The molecule has 136 valence electrons. The number of aryl methyl sites for hydroxylation is 1. The summed E-state index contributed by atoms with van der Waals surface area (Å²) in [5, 5.41) is 7.38. The van der Waals surface area contributed by atoms with E-state index in [4.69, 9.17) is 16.3 Å². The Labute approximate surface area is 156 Å². The number of piperidine rings is 1. The van der Waals surface area contributed by atoms with Gasteiger partial charge in [0.05, 0.1) is 0 Å². The van der Waals surface area contributed by atoms with Crippen LogP contribution in [0, 0.1) is 6.92 Å². The van der Waals surface area contributed by atoms with Crippen molar-refractivity contribution in [3.63, 3.8) is 0 Å². The zero-order valence-corrected chi connectivity index (χ0v) is 16.6. The highest BCUT2D eigenvalue weighted by Gasteiger charge is 2.38. The second kappa shape index (κ2) is 7.94. The molecular formula is C18H28Cl2N2O2. The van der Waals surface area contributed by atoms with Crippen LogP contribution in [0.25, 0.3) is 0 Å². The van der Waals surface area contributed by atoms with Crippen molar-refractivity contribution in [3.8, 4) is 5.75 Å². The Kier molecular flexibility index (Phi) is 6.97. The first-order chi connectivity index (χ1) is 10.6. The summed E-state index contributed by atoms with van der Waals surface area (Å²) in [6.45, 7) is 10.6. The fourth-order valence-corrected chi connectivity index (χ4v) is 3.84. The molecule has 1 heterocycles. The van der Waals surface area contributed by atoms with Gasteiger partial charge in [-0.05, 0) is 71.2 Å². The molecule has 0 bridgehead atoms.